The van der Waals surface area contributed by atoms with E-state index in [0.29, 0.717) is 18.2 Å². The summed E-state index contributed by atoms with van der Waals surface area (Å²) < 4.78 is 0.992. The number of aliphatic carboxylic acids is 2. The number of rotatable bonds is 5. The molecule has 0 bridgehead atoms. The lowest BCUT2D eigenvalue weighted by molar-refractivity contribution is -0.384. The summed E-state index contributed by atoms with van der Waals surface area (Å²) in [6, 6.07) is 7.83. The van der Waals surface area contributed by atoms with E-state index in [-0.39, 0.29) is 10.6 Å². The Labute approximate surface area is 171 Å². The van der Waals surface area contributed by atoms with Gasteiger partial charge in [-0.2, -0.15) is 0 Å². The molecule has 0 fully saturated rings. The van der Waals surface area contributed by atoms with Gasteiger partial charge in [-0.25, -0.2) is 9.59 Å². The van der Waals surface area contributed by atoms with Crippen molar-refractivity contribution in [2.24, 2.45) is 0 Å². The maximum Gasteiger partial charge on any atom is 0.328 e. The van der Waals surface area contributed by atoms with E-state index in [1.165, 1.54) is 10.5 Å². The van der Waals surface area contributed by atoms with E-state index in [1.807, 2.05) is 6.07 Å². The number of hydrogen-bond acceptors (Lipinski definition) is 6. The van der Waals surface area contributed by atoms with E-state index in [9.17, 15) is 19.7 Å². The third-order valence-corrected chi connectivity index (χ3v) is 5.54. The van der Waals surface area contributed by atoms with Crippen LogP contribution in [0.5, 0.6) is 0 Å². The zero-order valence-electron chi connectivity index (χ0n) is 16.1. The minimum absolute atomic E-state index is 0.166. The summed E-state index contributed by atoms with van der Waals surface area (Å²) in [4.78, 5) is 33.3. The first-order valence-electron chi connectivity index (χ1n) is 8.92. The molecule has 0 spiro atoms. The average molecular weight is 418 g/mol. The summed E-state index contributed by atoms with van der Waals surface area (Å²) in [5, 5.41) is 27.6. The molecule has 3 rings (SSSR count). The number of fused-ring (bicyclic) bond motifs is 1. The number of nitro benzene ring substituents is 1. The second-order valence-corrected chi connectivity index (χ2v) is 7.75. The van der Waals surface area contributed by atoms with E-state index in [4.69, 9.17) is 10.2 Å². The van der Waals surface area contributed by atoms with E-state index in [1.54, 1.807) is 23.5 Å². The van der Waals surface area contributed by atoms with Gasteiger partial charge in [0.15, 0.2) is 0 Å². The number of nitrogens with zero attached hydrogens (tertiary/aromatic N) is 2. The summed E-state index contributed by atoms with van der Waals surface area (Å²) in [6.45, 7) is 6.51. The van der Waals surface area contributed by atoms with Gasteiger partial charge in [0.05, 0.1) is 4.92 Å². The van der Waals surface area contributed by atoms with Crippen molar-refractivity contribution in [3.8, 4) is 0 Å². The van der Waals surface area contributed by atoms with Gasteiger partial charge >= 0.3 is 11.9 Å². The number of thiophene rings is 1. The van der Waals surface area contributed by atoms with Gasteiger partial charge in [0.2, 0.25) is 0 Å². The fourth-order valence-corrected chi connectivity index (χ4v) is 3.98. The Morgan fingerprint density at radius 2 is 1.86 bits per heavy atom. The number of hydrogen-bond donors (Lipinski definition) is 2. The Morgan fingerprint density at radius 1 is 1.21 bits per heavy atom. The highest BCUT2D eigenvalue weighted by molar-refractivity contribution is 7.20. The molecule has 0 unspecified atom stereocenters. The molecule has 0 saturated carbocycles. The predicted octanol–water partition coefficient (Wildman–Crippen LogP) is 4.02. The highest BCUT2D eigenvalue weighted by Crippen LogP contribution is 2.35. The van der Waals surface area contributed by atoms with E-state index < -0.39 is 11.9 Å². The molecule has 0 amide bonds. The van der Waals surface area contributed by atoms with Gasteiger partial charge in [-0.3, -0.25) is 15.0 Å². The summed E-state index contributed by atoms with van der Waals surface area (Å²) in [7, 11) is 0. The highest BCUT2D eigenvalue weighted by Gasteiger charge is 2.17. The molecule has 1 aromatic carbocycles. The predicted molar refractivity (Wildman–Crippen MR) is 112 cm³/mol. The highest BCUT2D eigenvalue weighted by atomic mass is 32.1. The minimum Gasteiger partial charge on any atom is -0.478 e. The molecular formula is C20H22N2O6S. The van der Waals surface area contributed by atoms with E-state index in [2.05, 4.69) is 30.9 Å². The number of nitro groups is 1. The van der Waals surface area contributed by atoms with Crippen LogP contribution in [0.15, 0.2) is 42.5 Å². The van der Waals surface area contributed by atoms with Crippen molar-refractivity contribution >= 4 is 44.6 Å². The minimum atomic E-state index is -1.26. The van der Waals surface area contributed by atoms with Gasteiger partial charge in [-0.05, 0) is 43.4 Å². The first-order chi connectivity index (χ1) is 13.7. The number of carboxylic acids is 2. The SMILES string of the molecule is CC(C)N1CC=C(c2cc3ccc([N+](=O)[O-])cc3s2)CC1.O=C(O)C=CC(=O)O. The molecule has 1 aliphatic heterocycles. The summed E-state index contributed by atoms with van der Waals surface area (Å²) in [5.74, 6) is -2.51. The molecule has 2 aromatic rings. The Kier molecular flexibility index (Phi) is 7.63. The fourth-order valence-electron chi connectivity index (χ4n) is 2.81. The number of carboxylic acid groups (broad SMARTS) is 2. The normalized spacial score (nSPS) is 14.5. The van der Waals surface area contributed by atoms with Crippen LogP contribution in [0.2, 0.25) is 0 Å². The summed E-state index contributed by atoms with van der Waals surface area (Å²) in [5.41, 5.74) is 1.54. The van der Waals surface area contributed by atoms with Crippen LogP contribution in [0.3, 0.4) is 0 Å². The topological polar surface area (TPSA) is 121 Å². The molecule has 154 valence electrons. The van der Waals surface area contributed by atoms with E-state index in [0.717, 1.165) is 29.6 Å². The van der Waals surface area contributed by atoms with Gasteiger partial charge in [0.25, 0.3) is 5.69 Å². The zero-order chi connectivity index (χ0) is 21.6. The van der Waals surface area contributed by atoms with Gasteiger partial charge in [0.1, 0.15) is 0 Å². The lowest BCUT2D eigenvalue weighted by atomic mass is 10.0. The van der Waals surface area contributed by atoms with Gasteiger partial charge < -0.3 is 10.2 Å². The summed E-state index contributed by atoms with van der Waals surface area (Å²) >= 11 is 1.65. The molecule has 0 aliphatic carbocycles. The van der Waals surface area contributed by atoms with Crippen molar-refractivity contribution in [2.45, 2.75) is 26.3 Å². The Hall–Kier alpha value is -3.04. The van der Waals surface area contributed by atoms with Gasteiger partial charge in [-0.1, -0.05) is 6.08 Å². The van der Waals surface area contributed by atoms with Crippen LogP contribution in [0.25, 0.3) is 15.7 Å². The molecular weight excluding hydrogens is 396 g/mol. The van der Waals surface area contributed by atoms with Gasteiger partial charge in [-0.15, -0.1) is 11.3 Å². The van der Waals surface area contributed by atoms with Crippen molar-refractivity contribution in [2.75, 3.05) is 13.1 Å². The molecule has 0 radical (unpaired) electrons. The van der Waals surface area contributed by atoms with Crippen molar-refractivity contribution in [1.29, 1.82) is 0 Å². The second-order valence-electron chi connectivity index (χ2n) is 6.67. The zero-order valence-corrected chi connectivity index (χ0v) is 16.9. The smallest absolute Gasteiger partial charge is 0.328 e. The lowest BCUT2D eigenvalue weighted by Crippen LogP contribution is -2.34. The van der Waals surface area contributed by atoms with Crippen LogP contribution in [0, 0.1) is 10.1 Å². The molecule has 29 heavy (non-hydrogen) atoms. The maximum atomic E-state index is 10.8. The third kappa shape index (κ3) is 6.51. The van der Waals surface area contributed by atoms with Crippen LogP contribution >= 0.6 is 11.3 Å². The first kappa shape index (κ1) is 22.3. The molecule has 0 saturated heterocycles. The van der Waals surface area contributed by atoms with Crippen LogP contribution in [-0.4, -0.2) is 51.1 Å². The largest absolute Gasteiger partial charge is 0.478 e. The van der Waals surface area contributed by atoms with E-state index >= 15 is 0 Å². The molecule has 8 nitrogen and oxygen atoms in total. The molecule has 1 aromatic heterocycles. The molecule has 9 heteroatoms. The Morgan fingerprint density at radius 3 is 2.34 bits per heavy atom. The average Bonchev–Trinajstić information content (AvgIpc) is 3.10. The number of non-ortho nitro benzene ring substituents is 1. The van der Waals surface area contributed by atoms with Gasteiger partial charge in [0, 0.05) is 53.0 Å². The molecule has 1 aliphatic rings. The number of benzene rings is 1. The second kappa shape index (κ2) is 9.94. The summed E-state index contributed by atoms with van der Waals surface area (Å²) in [6.07, 6.45) is 4.46. The standard InChI is InChI=1S/C16H18N2O2S.C4H4O4/c1-11(2)17-7-5-12(6-8-17)15-9-13-3-4-14(18(19)20)10-16(13)21-15;5-3(6)1-2-4(7)8/h3-5,9-11H,6-8H2,1-2H3;1-2H,(H,5,6)(H,7,8). The Balaban J connectivity index is 0.000000321. The first-order valence-corrected chi connectivity index (χ1v) is 9.74. The monoisotopic (exact) mass is 418 g/mol. The quantitative estimate of drug-likeness (QED) is 0.427. The van der Waals surface area contributed by atoms with Crippen molar-refractivity contribution in [1.82, 2.24) is 4.90 Å². The van der Waals surface area contributed by atoms with Crippen molar-refractivity contribution < 1.29 is 24.7 Å². The maximum absolute atomic E-state index is 10.8. The van der Waals surface area contributed by atoms with Crippen molar-refractivity contribution in [3.63, 3.8) is 0 Å². The Bertz CT molecular complexity index is 961. The van der Waals surface area contributed by atoms with Crippen molar-refractivity contribution in [3.05, 3.63) is 57.5 Å². The fraction of sp³-hybridized carbons (Fsp3) is 0.300. The lowest BCUT2D eigenvalue weighted by Gasteiger charge is -2.29. The molecule has 0 atom stereocenters. The van der Waals surface area contributed by atoms with Crippen LogP contribution < -0.4 is 0 Å². The molecule has 2 N–H and O–H groups in total. The molecule has 2 heterocycles. The third-order valence-electron chi connectivity index (χ3n) is 4.37. The van der Waals surface area contributed by atoms with Crippen LogP contribution in [-0.2, 0) is 9.59 Å². The number of carbonyl (C=O) groups is 2. The van der Waals surface area contributed by atoms with Crippen LogP contribution in [0.1, 0.15) is 25.1 Å². The van der Waals surface area contributed by atoms with Crippen LogP contribution in [0.4, 0.5) is 5.69 Å².